The average molecular weight is 366 g/mol. The number of hydrogen-bond acceptors (Lipinski definition) is 5. The number of amides is 1. The number of hydrogen-bond donors (Lipinski definition) is 0. The molecule has 3 aromatic heterocycles. The van der Waals surface area contributed by atoms with Crippen LogP contribution in [0.5, 0.6) is 0 Å². The maximum atomic E-state index is 12.9. The van der Waals surface area contributed by atoms with Gasteiger partial charge >= 0.3 is 0 Å². The number of aromatic nitrogens is 5. The second-order valence-corrected chi connectivity index (χ2v) is 7.60. The van der Waals surface area contributed by atoms with E-state index < -0.39 is 0 Å². The van der Waals surface area contributed by atoms with Crippen LogP contribution in [0.2, 0.25) is 0 Å². The van der Waals surface area contributed by atoms with Crippen molar-refractivity contribution in [2.75, 3.05) is 13.1 Å². The predicted octanol–water partition coefficient (Wildman–Crippen LogP) is 1.29. The molecule has 5 rings (SSSR count). The number of rotatable bonds is 2. The van der Waals surface area contributed by atoms with Crippen molar-refractivity contribution >= 4 is 11.6 Å². The summed E-state index contributed by atoms with van der Waals surface area (Å²) >= 11 is 0. The lowest BCUT2D eigenvalue weighted by molar-refractivity contribution is -0.132. The van der Waals surface area contributed by atoms with Crippen LogP contribution < -0.4 is 0 Å². The van der Waals surface area contributed by atoms with Crippen molar-refractivity contribution in [2.45, 2.75) is 45.4 Å². The summed E-state index contributed by atoms with van der Waals surface area (Å²) in [5, 5.41) is 8.28. The molecule has 8 heteroatoms. The number of ether oxygens (including phenoxy) is 1. The molecule has 0 bridgehead atoms. The molecular weight excluding hydrogens is 344 g/mol. The van der Waals surface area contributed by atoms with Gasteiger partial charge in [-0.1, -0.05) is 6.07 Å². The van der Waals surface area contributed by atoms with Crippen LogP contribution in [0.4, 0.5) is 0 Å². The third kappa shape index (κ3) is 2.63. The number of aryl methyl sites for hydroxylation is 2. The fourth-order valence-electron chi connectivity index (χ4n) is 4.19. The van der Waals surface area contributed by atoms with Crippen LogP contribution in [0.3, 0.4) is 0 Å². The third-order valence-electron chi connectivity index (χ3n) is 5.78. The van der Waals surface area contributed by atoms with Crippen molar-refractivity contribution in [1.29, 1.82) is 0 Å². The molecule has 5 heterocycles. The van der Waals surface area contributed by atoms with Crippen molar-refractivity contribution in [3.63, 3.8) is 0 Å². The van der Waals surface area contributed by atoms with Gasteiger partial charge in [-0.15, -0.1) is 10.2 Å². The second kappa shape index (κ2) is 5.88. The fraction of sp³-hybridized carbons (Fsp3) is 0.474. The van der Waals surface area contributed by atoms with Crippen molar-refractivity contribution in [3.8, 4) is 0 Å². The van der Waals surface area contributed by atoms with Crippen molar-refractivity contribution in [2.24, 2.45) is 0 Å². The third-order valence-corrected chi connectivity index (χ3v) is 5.78. The van der Waals surface area contributed by atoms with Crippen LogP contribution in [0, 0.1) is 13.8 Å². The highest BCUT2D eigenvalue weighted by molar-refractivity contribution is 5.79. The lowest BCUT2D eigenvalue weighted by Gasteiger charge is -2.34. The maximum absolute atomic E-state index is 12.9. The standard InChI is InChI=1S/C19H22N6O2/c1-13-4-3-6-24-15(9-20-18(13)24)8-17(26)23-7-5-19(11-23)12-25-14(2)21-22-16(25)10-27-19/h3-4,6,9H,5,7-8,10-12H2,1-2H3. The molecule has 0 aromatic carbocycles. The molecule has 2 aliphatic rings. The minimum Gasteiger partial charge on any atom is -0.363 e. The van der Waals surface area contributed by atoms with Gasteiger partial charge in [0.15, 0.2) is 5.82 Å². The second-order valence-electron chi connectivity index (χ2n) is 7.60. The fourth-order valence-corrected chi connectivity index (χ4v) is 4.19. The Morgan fingerprint density at radius 3 is 3.07 bits per heavy atom. The van der Waals surface area contributed by atoms with Gasteiger partial charge in [0.25, 0.3) is 0 Å². The number of carbonyl (C=O) groups is 1. The van der Waals surface area contributed by atoms with E-state index >= 15 is 0 Å². The van der Waals surface area contributed by atoms with Gasteiger partial charge in [-0.25, -0.2) is 4.98 Å². The predicted molar refractivity (Wildman–Crippen MR) is 97.1 cm³/mol. The molecule has 0 aliphatic carbocycles. The molecule has 27 heavy (non-hydrogen) atoms. The first-order valence-corrected chi connectivity index (χ1v) is 9.27. The monoisotopic (exact) mass is 366 g/mol. The number of nitrogens with zero attached hydrogens (tertiary/aromatic N) is 6. The minimum absolute atomic E-state index is 0.116. The van der Waals surface area contributed by atoms with E-state index in [1.54, 1.807) is 6.20 Å². The van der Waals surface area contributed by atoms with E-state index in [-0.39, 0.29) is 11.5 Å². The van der Waals surface area contributed by atoms with E-state index in [1.165, 1.54) is 0 Å². The van der Waals surface area contributed by atoms with Crippen molar-refractivity contribution in [1.82, 2.24) is 29.0 Å². The molecule has 2 aliphatic heterocycles. The van der Waals surface area contributed by atoms with Gasteiger partial charge in [-0.2, -0.15) is 0 Å². The Hall–Kier alpha value is -2.74. The summed E-state index contributed by atoms with van der Waals surface area (Å²) in [6.07, 6.45) is 4.94. The van der Waals surface area contributed by atoms with Crippen LogP contribution in [0.15, 0.2) is 24.5 Å². The highest BCUT2D eigenvalue weighted by atomic mass is 16.5. The van der Waals surface area contributed by atoms with Crippen LogP contribution in [0.1, 0.15) is 29.3 Å². The summed E-state index contributed by atoms with van der Waals surface area (Å²) in [7, 11) is 0. The van der Waals surface area contributed by atoms with Crippen molar-refractivity contribution in [3.05, 3.63) is 47.4 Å². The molecule has 3 aromatic rings. The molecule has 1 spiro atoms. The molecule has 1 fully saturated rings. The number of pyridine rings is 1. The molecule has 0 N–H and O–H groups in total. The Morgan fingerprint density at radius 2 is 2.19 bits per heavy atom. The van der Waals surface area contributed by atoms with Crippen LogP contribution in [-0.2, 0) is 29.1 Å². The Bertz CT molecular complexity index is 1040. The Morgan fingerprint density at radius 1 is 1.30 bits per heavy atom. The molecule has 140 valence electrons. The quantitative estimate of drug-likeness (QED) is 0.683. The van der Waals surface area contributed by atoms with Gasteiger partial charge in [-0.05, 0) is 31.9 Å². The minimum atomic E-state index is -0.328. The first kappa shape index (κ1) is 16.4. The summed E-state index contributed by atoms with van der Waals surface area (Å²) in [6, 6.07) is 4.01. The molecule has 0 radical (unpaired) electrons. The summed E-state index contributed by atoms with van der Waals surface area (Å²) < 4.78 is 10.3. The molecule has 1 saturated heterocycles. The van der Waals surface area contributed by atoms with E-state index in [2.05, 4.69) is 19.7 Å². The van der Waals surface area contributed by atoms with E-state index in [4.69, 9.17) is 4.74 Å². The summed E-state index contributed by atoms with van der Waals surface area (Å²) in [4.78, 5) is 19.3. The highest BCUT2D eigenvalue weighted by Gasteiger charge is 2.44. The first-order valence-electron chi connectivity index (χ1n) is 9.27. The topological polar surface area (TPSA) is 77.5 Å². The number of imidazole rings is 1. The Balaban J connectivity index is 1.32. The van der Waals surface area contributed by atoms with Gasteiger partial charge in [0.05, 0.1) is 25.2 Å². The van der Waals surface area contributed by atoms with Gasteiger partial charge in [0.2, 0.25) is 5.91 Å². The van der Waals surface area contributed by atoms with Crippen LogP contribution in [0.25, 0.3) is 5.65 Å². The largest absolute Gasteiger partial charge is 0.363 e. The number of likely N-dealkylation sites (tertiary alicyclic amines) is 1. The molecule has 1 amide bonds. The Labute approximate surface area is 156 Å². The molecule has 1 atom stereocenters. The molecular formula is C19H22N6O2. The molecule has 8 nitrogen and oxygen atoms in total. The van der Waals surface area contributed by atoms with E-state index in [0.717, 1.165) is 35.0 Å². The summed E-state index contributed by atoms with van der Waals surface area (Å²) in [6.45, 7) is 6.47. The lowest BCUT2D eigenvalue weighted by Crippen LogP contribution is -2.45. The zero-order chi connectivity index (χ0) is 18.6. The average Bonchev–Trinajstić information content (AvgIpc) is 3.35. The van der Waals surface area contributed by atoms with Gasteiger partial charge < -0.3 is 18.6 Å². The van der Waals surface area contributed by atoms with Crippen LogP contribution >= 0.6 is 0 Å². The first-order chi connectivity index (χ1) is 13.0. The van der Waals surface area contributed by atoms with Crippen molar-refractivity contribution < 1.29 is 9.53 Å². The smallest absolute Gasteiger partial charge is 0.228 e. The molecule has 1 unspecified atom stereocenters. The summed E-state index contributed by atoms with van der Waals surface area (Å²) in [5.74, 6) is 1.88. The maximum Gasteiger partial charge on any atom is 0.228 e. The zero-order valence-corrected chi connectivity index (χ0v) is 15.6. The zero-order valence-electron chi connectivity index (χ0n) is 15.6. The normalized spacial score (nSPS) is 21.9. The van der Waals surface area contributed by atoms with E-state index in [1.807, 2.05) is 41.5 Å². The van der Waals surface area contributed by atoms with Gasteiger partial charge in [0, 0.05) is 18.9 Å². The number of fused-ring (bicyclic) bond motifs is 2. The van der Waals surface area contributed by atoms with Gasteiger partial charge in [-0.3, -0.25) is 4.79 Å². The Kier molecular flexibility index (Phi) is 3.58. The van der Waals surface area contributed by atoms with E-state index in [0.29, 0.717) is 32.7 Å². The molecule has 0 saturated carbocycles. The SMILES string of the molecule is Cc1cccn2c(CC(=O)N3CCC4(C3)Cn3c(C)nnc3CO4)cnc12. The number of carbonyl (C=O) groups excluding carboxylic acids is 1. The van der Waals surface area contributed by atoms with E-state index in [9.17, 15) is 4.79 Å². The summed E-state index contributed by atoms with van der Waals surface area (Å²) in [5.41, 5.74) is 2.60. The lowest BCUT2D eigenvalue weighted by atomic mass is 10.0. The van der Waals surface area contributed by atoms with Crippen LogP contribution in [-0.4, -0.2) is 53.6 Å². The highest BCUT2D eigenvalue weighted by Crippen LogP contribution is 2.32. The van der Waals surface area contributed by atoms with Gasteiger partial charge in [0.1, 0.15) is 23.7 Å².